The summed E-state index contributed by atoms with van der Waals surface area (Å²) in [6.45, 7) is 0.520. The molecule has 3 aromatic heterocycles. The van der Waals surface area contributed by atoms with Gasteiger partial charge in [0.15, 0.2) is 5.65 Å². The Balaban J connectivity index is 1.77. The third-order valence-electron chi connectivity index (χ3n) is 3.98. The Labute approximate surface area is 144 Å². The van der Waals surface area contributed by atoms with E-state index in [1.54, 1.807) is 16.9 Å². The summed E-state index contributed by atoms with van der Waals surface area (Å²) >= 11 is 0. The standard InChI is InChI=1S/C19H17N5O/c25-13-16-12-22-24-18(21-11-14-5-4-8-20-10-14)9-17(23-19(16)24)15-6-2-1-3-7-15/h1-10,12,21,25H,11,13H2. The number of fused-ring (bicyclic) bond motifs is 1. The van der Waals surface area contributed by atoms with Crippen molar-refractivity contribution in [3.05, 3.63) is 78.2 Å². The highest BCUT2D eigenvalue weighted by Crippen LogP contribution is 2.24. The number of nitrogens with one attached hydrogen (secondary N) is 1. The van der Waals surface area contributed by atoms with Crippen LogP contribution in [0.3, 0.4) is 0 Å². The number of hydrogen-bond donors (Lipinski definition) is 2. The second kappa shape index (κ2) is 6.70. The summed E-state index contributed by atoms with van der Waals surface area (Å²) in [5, 5.41) is 17.3. The minimum Gasteiger partial charge on any atom is -0.391 e. The number of nitrogens with zero attached hydrogens (tertiary/aromatic N) is 4. The molecule has 4 aromatic rings. The Morgan fingerprint density at radius 2 is 1.92 bits per heavy atom. The van der Waals surface area contributed by atoms with Gasteiger partial charge in [-0.15, -0.1) is 0 Å². The third-order valence-corrected chi connectivity index (χ3v) is 3.98. The van der Waals surface area contributed by atoms with Crippen molar-refractivity contribution in [1.29, 1.82) is 0 Å². The van der Waals surface area contributed by atoms with E-state index in [0.29, 0.717) is 17.8 Å². The first kappa shape index (κ1) is 15.3. The van der Waals surface area contributed by atoms with Gasteiger partial charge in [-0.2, -0.15) is 9.61 Å². The maximum atomic E-state index is 9.56. The van der Waals surface area contributed by atoms with Crippen LogP contribution in [0.15, 0.2) is 67.1 Å². The lowest BCUT2D eigenvalue weighted by Gasteiger charge is -2.11. The molecule has 1 aromatic carbocycles. The SMILES string of the molecule is OCc1cnn2c(NCc3cccnc3)cc(-c3ccccc3)nc12. The molecule has 0 spiro atoms. The van der Waals surface area contributed by atoms with E-state index < -0.39 is 0 Å². The average Bonchev–Trinajstić information content (AvgIpc) is 3.11. The van der Waals surface area contributed by atoms with Crippen LogP contribution in [0.4, 0.5) is 5.82 Å². The summed E-state index contributed by atoms with van der Waals surface area (Å²) in [5.41, 5.74) is 4.26. The molecule has 4 rings (SSSR count). The first-order valence-electron chi connectivity index (χ1n) is 8.02. The van der Waals surface area contributed by atoms with Crippen molar-refractivity contribution in [2.24, 2.45) is 0 Å². The molecule has 0 aliphatic rings. The Morgan fingerprint density at radius 1 is 1.04 bits per heavy atom. The van der Waals surface area contributed by atoms with Crippen molar-refractivity contribution in [2.75, 3.05) is 5.32 Å². The highest BCUT2D eigenvalue weighted by atomic mass is 16.3. The van der Waals surface area contributed by atoms with Gasteiger partial charge in [0.05, 0.1) is 18.5 Å². The minimum atomic E-state index is -0.100. The highest BCUT2D eigenvalue weighted by Gasteiger charge is 2.12. The maximum absolute atomic E-state index is 9.56. The molecule has 3 heterocycles. The molecule has 0 unspecified atom stereocenters. The Morgan fingerprint density at radius 3 is 2.68 bits per heavy atom. The topological polar surface area (TPSA) is 75.3 Å². The second-order valence-electron chi connectivity index (χ2n) is 5.67. The van der Waals surface area contributed by atoms with Gasteiger partial charge in [0, 0.05) is 36.1 Å². The van der Waals surface area contributed by atoms with E-state index in [-0.39, 0.29) is 6.61 Å². The zero-order valence-electron chi connectivity index (χ0n) is 13.5. The van der Waals surface area contributed by atoms with Gasteiger partial charge in [-0.25, -0.2) is 4.98 Å². The van der Waals surface area contributed by atoms with Crippen LogP contribution in [-0.2, 0) is 13.2 Å². The summed E-state index contributed by atoms with van der Waals surface area (Å²) < 4.78 is 1.72. The molecule has 0 bridgehead atoms. The van der Waals surface area contributed by atoms with Gasteiger partial charge in [0.2, 0.25) is 0 Å². The molecule has 2 N–H and O–H groups in total. The zero-order chi connectivity index (χ0) is 17.1. The molecule has 0 aliphatic carbocycles. The predicted octanol–water partition coefficient (Wildman–Crippen LogP) is 2.90. The fraction of sp³-hybridized carbons (Fsp3) is 0.105. The van der Waals surface area contributed by atoms with Gasteiger partial charge < -0.3 is 10.4 Å². The van der Waals surface area contributed by atoms with E-state index in [1.165, 1.54) is 0 Å². The van der Waals surface area contributed by atoms with Crippen LogP contribution in [0, 0.1) is 0 Å². The third kappa shape index (κ3) is 3.07. The van der Waals surface area contributed by atoms with Crippen molar-refractivity contribution in [1.82, 2.24) is 19.6 Å². The van der Waals surface area contributed by atoms with Gasteiger partial charge in [0.25, 0.3) is 0 Å². The van der Waals surface area contributed by atoms with E-state index >= 15 is 0 Å². The molecule has 0 saturated carbocycles. The Kier molecular flexibility index (Phi) is 4.10. The largest absolute Gasteiger partial charge is 0.391 e. The number of anilines is 1. The maximum Gasteiger partial charge on any atom is 0.163 e. The van der Waals surface area contributed by atoms with E-state index in [2.05, 4.69) is 20.4 Å². The van der Waals surface area contributed by atoms with Crippen molar-refractivity contribution >= 4 is 11.5 Å². The van der Waals surface area contributed by atoms with Crippen molar-refractivity contribution in [2.45, 2.75) is 13.2 Å². The molecule has 0 atom stereocenters. The molecule has 0 amide bonds. The quantitative estimate of drug-likeness (QED) is 0.588. The van der Waals surface area contributed by atoms with Crippen LogP contribution in [0.1, 0.15) is 11.1 Å². The molecule has 6 nitrogen and oxygen atoms in total. The van der Waals surface area contributed by atoms with Crippen LogP contribution < -0.4 is 5.32 Å². The van der Waals surface area contributed by atoms with E-state index in [1.807, 2.05) is 54.7 Å². The lowest BCUT2D eigenvalue weighted by atomic mass is 10.1. The molecule has 6 heteroatoms. The summed E-state index contributed by atoms with van der Waals surface area (Å²) in [5.74, 6) is 0.812. The molecule has 0 fully saturated rings. The van der Waals surface area contributed by atoms with Gasteiger partial charge in [-0.05, 0) is 11.6 Å². The Bertz CT molecular complexity index is 983. The molecular formula is C19H17N5O. The summed E-state index contributed by atoms with van der Waals surface area (Å²) in [6, 6.07) is 15.8. The van der Waals surface area contributed by atoms with Crippen LogP contribution in [0.25, 0.3) is 16.9 Å². The fourth-order valence-corrected chi connectivity index (χ4v) is 2.70. The predicted molar refractivity (Wildman–Crippen MR) is 95.9 cm³/mol. The first-order chi connectivity index (χ1) is 12.3. The summed E-state index contributed by atoms with van der Waals surface area (Å²) in [6.07, 6.45) is 5.22. The number of benzene rings is 1. The lowest BCUT2D eigenvalue weighted by Crippen LogP contribution is -2.07. The summed E-state index contributed by atoms with van der Waals surface area (Å²) in [7, 11) is 0. The van der Waals surface area contributed by atoms with Crippen molar-refractivity contribution < 1.29 is 5.11 Å². The monoisotopic (exact) mass is 331 g/mol. The van der Waals surface area contributed by atoms with Gasteiger partial charge in [-0.3, -0.25) is 4.98 Å². The molecule has 25 heavy (non-hydrogen) atoms. The van der Waals surface area contributed by atoms with E-state index in [0.717, 1.165) is 22.6 Å². The molecule has 0 aliphatic heterocycles. The van der Waals surface area contributed by atoms with E-state index in [9.17, 15) is 5.11 Å². The molecule has 0 saturated heterocycles. The van der Waals surface area contributed by atoms with Crippen molar-refractivity contribution in [3.8, 4) is 11.3 Å². The normalized spacial score (nSPS) is 10.9. The minimum absolute atomic E-state index is 0.100. The number of rotatable bonds is 5. The number of aliphatic hydroxyl groups is 1. The van der Waals surface area contributed by atoms with Crippen molar-refractivity contribution in [3.63, 3.8) is 0 Å². The molecular weight excluding hydrogens is 314 g/mol. The smallest absolute Gasteiger partial charge is 0.163 e. The van der Waals surface area contributed by atoms with Crippen LogP contribution in [-0.4, -0.2) is 24.7 Å². The molecule has 124 valence electrons. The van der Waals surface area contributed by atoms with Gasteiger partial charge in [0.1, 0.15) is 5.82 Å². The number of pyridine rings is 1. The number of aliphatic hydroxyl groups excluding tert-OH is 1. The number of aromatic nitrogens is 4. The second-order valence-corrected chi connectivity index (χ2v) is 5.67. The Hall–Kier alpha value is -3.25. The molecule has 0 radical (unpaired) electrons. The average molecular weight is 331 g/mol. The summed E-state index contributed by atoms with van der Waals surface area (Å²) in [4.78, 5) is 8.81. The van der Waals surface area contributed by atoms with Crippen LogP contribution >= 0.6 is 0 Å². The van der Waals surface area contributed by atoms with Crippen LogP contribution in [0.2, 0.25) is 0 Å². The first-order valence-corrected chi connectivity index (χ1v) is 8.02. The van der Waals surface area contributed by atoms with Gasteiger partial charge >= 0.3 is 0 Å². The fourth-order valence-electron chi connectivity index (χ4n) is 2.70. The number of hydrogen-bond acceptors (Lipinski definition) is 5. The highest BCUT2D eigenvalue weighted by molar-refractivity contribution is 5.67. The van der Waals surface area contributed by atoms with Gasteiger partial charge in [-0.1, -0.05) is 36.4 Å². The lowest BCUT2D eigenvalue weighted by molar-refractivity contribution is 0.283. The van der Waals surface area contributed by atoms with E-state index in [4.69, 9.17) is 0 Å². The van der Waals surface area contributed by atoms with Crippen LogP contribution in [0.5, 0.6) is 0 Å². The zero-order valence-corrected chi connectivity index (χ0v) is 13.5.